The molecule has 11 heavy (non-hydrogen) atoms. The van der Waals surface area contributed by atoms with Crippen LogP contribution in [-0.4, -0.2) is 11.2 Å². The molecule has 64 valence electrons. The zero-order valence-corrected chi connectivity index (χ0v) is 7.72. The minimum Gasteiger partial charge on any atom is -0.393 e. The van der Waals surface area contributed by atoms with Crippen molar-refractivity contribution in [2.45, 2.75) is 46.1 Å². The molecule has 1 atom stereocenters. The summed E-state index contributed by atoms with van der Waals surface area (Å²) in [5.74, 6) is 2.52. The predicted octanol–water partition coefficient (Wildman–Crippen LogP) is 2.20. The lowest BCUT2D eigenvalue weighted by Crippen LogP contribution is -2.17. The molecule has 0 rings (SSSR count). The second-order valence-electron chi connectivity index (χ2n) is 4.16. The molecule has 0 heterocycles. The van der Waals surface area contributed by atoms with Crippen molar-refractivity contribution in [3.8, 4) is 12.3 Å². The van der Waals surface area contributed by atoms with Crippen LogP contribution in [0.15, 0.2) is 0 Å². The molecule has 0 spiro atoms. The van der Waals surface area contributed by atoms with Crippen LogP contribution in [0.4, 0.5) is 0 Å². The molecule has 0 radical (unpaired) electrons. The van der Waals surface area contributed by atoms with Gasteiger partial charge in [-0.1, -0.05) is 20.8 Å². The van der Waals surface area contributed by atoms with Gasteiger partial charge < -0.3 is 5.11 Å². The summed E-state index contributed by atoms with van der Waals surface area (Å²) in [6.07, 6.45) is 7.08. The maximum atomic E-state index is 9.42. The number of aliphatic hydroxyl groups is 1. The van der Waals surface area contributed by atoms with Crippen molar-refractivity contribution >= 4 is 0 Å². The molecule has 0 aromatic heterocycles. The van der Waals surface area contributed by atoms with Crippen molar-refractivity contribution in [1.29, 1.82) is 0 Å². The van der Waals surface area contributed by atoms with Crippen molar-refractivity contribution in [3.05, 3.63) is 0 Å². The second kappa shape index (κ2) is 4.41. The summed E-state index contributed by atoms with van der Waals surface area (Å²) in [5, 5.41) is 9.42. The van der Waals surface area contributed by atoms with E-state index in [-0.39, 0.29) is 11.5 Å². The zero-order chi connectivity index (χ0) is 8.91. The maximum Gasteiger partial charge on any atom is 0.0554 e. The first kappa shape index (κ1) is 10.5. The fourth-order valence-corrected chi connectivity index (χ4v) is 1.06. The van der Waals surface area contributed by atoms with Crippen LogP contribution in [0.2, 0.25) is 0 Å². The van der Waals surface area contributed by atoms with Crippen LogP contribution >= 0.6 is 0 Å². The van der Waals surface area contributed by atoms with Crippen LogP contribution < -0.4 is 0 Å². The first-order valence-electron chi connectivity index (χ1n) is 4.07. The largest absolute Gasteiger partial charge is 0.393 e. The normalized spacial score (nSPS) is 14.1. The summed E-state index contributed by atoms with van der Waals surface area (Å²) in [7, 11) is 0. The predicted molar refractivity (Wildman–Crippen MR) is 48.1 cm³/mol. The van der Waals surface area contributed by atoms with E-state index < -0.39 is 0 Å². The molecule has 0 bridgehead atoms. The lowest BCUT2D eigenvalue weighted by molar-refractivity contribution is 0.114. The summed E-state index contributed by atoms with van der Waals surface area (Å²) in [5.41, 5.74) is 0.202. The Bertz CT molecular complexity index is 136. The number of hydrogen-bond donors (Lipinski definition) is 1. The average Bonchev–Trinajstić information content (AvgIpc) is 1.79. The Hall–Kier alpha value is -0.480. The summed E-state index contributed by atoms with van der Waals surface area (Å²) in [4.78, 5) is 0. The molecular weight excluding hydrogens is 136 g/mol. The summed E-state index contributed by atoms with van der Waals surface area (Å²) in [6, 6.07) is 0. The monoisotopic (exact) mass is 154 g/mol. The lowest BCUT2D eigenvalue weighted by atomic mass is 9.88. The van der Waals surface area contributed by atoms with E-state index in [1.165, 1.54) is 0 Å². The molecule has 0 aliphatic rings. The van der Waals surface area contributed by atoms with Gasteiger partial charge in [-0.2, -0.15) is 0 Å². The molecule has 1 heteroatoms. The molecule has 1 unspecified atom stereocenters. The van der Waals surface area contributed by atoms with Crippen LogP contribution in [-0.2, 0) is 0 Å². The SMILES string of the molecule is C#CCCC(O)CC(C)(C)C. The minimum atomic E-state index is -0.231. The highest BCUT2D eigenvalue weighted by Crippen LogP contribution is 2.22. The van der Waals surface area contributed by atoms with E-state index in [2.05, 4.69) is 26.7 Å². The first-order valence-corrected chi connectivity index (χ1v) is 4.07. The Kier molecular flexibility index (Phi) is 4.22. The van der Waals surface area contributed by atoms with Crippen LogP contribution in [0, 0.1) is 17.8 Å². The quantitative estimate of drug-likeness (QED) is 0.618. The summed E-state index contributed by atoms with van der Waals surface area (Å²) < 4.78 is 0. The number of rotatable bonds is 3. The van der Waals surface area contributed by atoms with Crippen molar-refractivity contribution < 1.29 is 5.11 Å². The highest BCUT2D eigenvalue weighted by Gasteiger charge is 2.15. The van der Waals surface area contributed by atoms with E-state index in [4.69, 9.17) is 6.42 Å². The van der Waals surface area contributed by atoms with E-state index >= 15 is 0 Å². The van der Waals surface area contributed by atoms with Crippen LogP contribution in [0.1, 0.15) is 40.0 Å². The van der Waals surface area contributed by atoms with Crippen LogP contribution in [0.25, 0.3) is 0 Å². The van der Waals surface area contributed by atoms with Crippen LogP contribution in [0.3, 0.4) is 0 Å². The fraction of sp³-hybridized carbons (Fsp3) is 0.800. The zero-order valence-electron chi connectivity index (χ0n) is 7.72. The minimum absolute atomic E-state index is 0.202. The van der Waals surface area contributed by atoms with Gasteiger partial charge in [0, 0.05) is 6.42 Å². The van der Waals surface area contributed by atoms with Gasteiger partial charge in [-0.05, 0) is 18.3 Å². The van der Waals surface area contributed by atoms with Gasteiger partial charge in [-0.3, -0.25) is 0 Å². The van der Waals surface area contributed by atoms with Crippen molar-refractivity contribution in [1.82, 2.24) is 0 Å². The molecule has 0 aliphatic carbocycles. The first-order chi connectivity index (χ1) is 4.95. The van der Waals surface area contributed by atoms with Crippen molar-refractivity contribution in [2.75, 3.05) is 0 Å². The standard InChI is InChI=1S/C10H18O/c1-5-6-7-9(11)8-10(2,3)4/h1,9,11H,6-8H2,2-4H3. The molecule has 0 aromatic carbocycles. The molecule has 0 aromatic rings. The Morgan fingerprint density at radius 2 is 2.00 bits per heavy atom. The molecule has 0 aliphatic heterocycles. The molecular formula is C10H18O. The van der Waals surface area contributed by atoms with Gasteiger partial charge in [-0.25, -0.2) is 0 Å². The van der Waals surface area contributed by atoms with Gasteiger partial charge in [0.15, 0.2) is 0 Å². The van der Waals surface area contributed by atoms with Crippen molar-refractivity contribution in [3.63, 3.8) is 0 Å². The maximum absolute atomic E-state index is 9.42. The average molecular weight is 154 g/mol. The second-order valence-corrected chi connectivity index (χ2v) is 4.16. The smallest absolute Gasteiger partial charge is 0.0554 e. The van der Waals surface area contributed by atoms with Crippen LogP contribution in [0.5, 0.6) is 0 Å². The van der Waals surface area contributed by atoms with Gasteiger partial charge in [0.05, 0.1) is 6.10 Å². The highest BCUT2D eigenvalue weighted by atomic mass is 16.3. The van der Waals surface area contributed by atoms with Gasteiger partial charge in [0.2, 0.25) is 0 Å². The Morgan fingerprint density at radius 3 is 2.36 bits per heavy atom. The summed E-state index contributed by atoms with van der Waals surface area (Å²) in [6.45, 7) is 6.35. The molecule has 0 saturated heterocycles. The number of hydrogen-bond acceptors (Lipinski definition) is 1. The molecule has 0 fully saturated rings. The third-order valence-electron chi connectivity index (χ3n) is 1.47. The Morgan fingerprint density at radius 1 is 1.45 bits per heavy atom. The molecule has 1 N–H and O–H groups in total. The van der Waals surface area contributed by atoms with E-state index in [0.29, 0.717) is 6.42 Å². The summed E-state index contributed by atoms with van der Waals surface area (Å²) >= 11 is 0. The topological polar surface area (TPSA) is 20.2 Å². The molecule has 0 amide bonds. The lowest BCUT2D eigenvalue weighted by Gasteiger charge is -2.21. The van der Waals surface area contributed by atoms with Gasteiger partial charge in [0.1, 0.15) is 0 Å². The Balaban J connectivity index is 3.54. The third-order valence-corrected chi connectivity index (χ3v) is 1.47. The molecule has 0 saturated carbocycles. The van der Waals surface area contributed by atoms with E-state index in [0.717, 1.165) is 12.8 Å². The van der Waals surface area contributed by atoms with Gasteiger partial charge in [-0.15, -0.1) is 12.3 Å². The number of aliphatic hydroxyl groups excluding tert-OH is 1. The fourth-order valence-electron chi connectivity index (χ4n) is 1.06. The van der Waals surface area contributed by atoms with Gasteiger partial charge >= 0.3 is 0 Å². The Labute approximate surface area is 69.8 Å². The number of terminal acetylenes is 1. The van der Waals surface area contributed by atoms with E-state index in [1.54, 1.807) is 0 Å². The van der Waals surface area contributed by atoms with Crippen molar-refractivity contribution in [2.24, 2.45) is 5.41 Å². The highest BCUT2D eigenvalue weighted by molar-refractivity contribution is 4.84. The third kappa shape index (κ3) is 7.42. The van der Waals surface area contributed by atoms with E-state index in [1.807, 2.05) is 0 Å². The van der Waals surface area contributed by atoms with Gasteiger partial charge in [0.25, 0.3) is 0 Å². The van der Waals surface area contributed by atoms with E-state index in [9.17, 15) is 5.11 Å². The molecule has 1 nitrogen and oxygen atoms in total.